The molecule has 0 saturated carbocycles. The van der Waals surface area contributed by atoms with Gasteiger partial charge in [0.25, 0.3) is 0 Å². The third-order valence-electron chi connectivity index (χ3n) is 3.74. The molecule has 1 atom stereocenters. The van der Waals surface area contributed by atoms with Crippen molar-refractivity contribution in [3.05, 3.63) is 35.1 Å². The van der Waals surface area contributed by atoms with Crippen LogP contribution < -0.4 is 5.32 Å². The zero-order valence-corrected chi connectivity index (χ0v) is 11.6. The molecule has 4 heteroatoms. The molecule has 1 unspecified atom stereocenters. The van der Waals surface area contributed by atoms with Crippen molar-refractivity contribution in [3.8, 4) is 0 Å². The van der Waals surface area contributed by atoms with Gasteiger partial charge < -0.3 is 10.2 Å². The predicted octanol–water partition coefficient (Wildman–Crippen LogP) is 1.74. The minimum absolute atomic E-state index is 0.125. The van der Waals surface area contributed by atoms with Crippen molar-refractivity contribution in [3.63, 3.8) is 0 Å². The summed E-state index contributed by atoms with van der Waals surface area (Å²) in [5.41, 5.74) is 1.73. The summed E-state index contributed by atoms with van der Waals surface area (Å²) in [6, 6.07) is 5.13. The first-order chi connectivity index (χ1) is 9.08. The Labute approximate surface area is 113 Å². The summed E-state index contributed by atoms with van der Waals surface area (Å²) in [6.45, 7) is 4.17. The molecular formula is C15H21FN2O. The van der Waals surface area contributed by atoms with Gasteiger partial charge in [0, 0.05) is 20.1 Å². The molecule has 2 rings (SSSR count). The number of carbonyl (C=O) groups excluding carboxylic acids is 1. The second-order valence-electron chi connectivity index (χ2n) is 5.28. The number of nitrogens with zero attached hydrogens (tertiary/aromatic N) is 1. The maximum atomic E-state index is 13.2. The van der Waals surface area contributed by atoms with Gasteiger partial charge >= 0.3 is 0 Å². The van der Waals surface area contributed by atoms with E-state index in [1.807, 2.05) is 13.1 Å². The minimum Gasteiger partial charge on any atom is -0.345 e. The highest BCUT2D eigenvalue weighted by Crippen LogP contribution is 2.13. The van der Waals surface area contributed by atoms with Crippen LogP contribution in [0.4, 0.5) is 4.39 Å². The summed E-state index contributed by atoms with van der Waals surface area (Å²) in [4.78, 5) is 13.9. The topological polar surface area (TPSA) is 32.3 Å². The molecule has 1 saturated heterocycles. The van der Waals surface area contributed by atoms with E-state index in [9.17, 15) is 9.18 Å². The first-order valence-corrected chi connectivity index (χ1v) is 6.78. The lowest BCUT2D eigenvalue weighted by atomic mass is 10.1. The first kappa shape index (κ1) is 14.0. The summed E-state index contributed by atoms with van der Waals surface area (Å²) in [6.07, 6.45) is 1.70. The number of likely N-dealkylation sites (N-methyl/N-ethyl adjacent to an activating group) is 1. The van der Waals surface area contributed by atoms with E-state index in [-0.39, 0.29) is 17.6 Å². The van der Waals surface area contributed by atoms with Crippen molar-refractivity contribution in [2.24, 2.45) is 5.92 Å². The maximum absolute atomic E-state index is 13.2. The number of benzene rings is 1. The van der Waals surface area contributed by atoms with Gasteiger partial charge in [-0.2, -0.15) is 0 Å². The van der Waals surface area contributed by atoms with Crippen molar-refractivity contribution in [2.45, 2.75) is 19.8 Å². The number of halogens is 1. The molecule has 1 N–H and O–H groups in total. The van der Waals surface area contributed by atoms with Crippen LogP contribution in [0.25, 0.3) is 0 Å². The van der Waals surface area contributed by atoms with Crippen molar-refractivity contribution in [1.29, 1.82) is 0 Å². The molecule has 0 spiro atoms. The van der Waals surface area contributed by atoms with Crippen LogP contribution in [0, 0.1) is 18.7 Å². The van der Waals surface area contributed by atoms with Gasteiger partial charge in [0.2, 0.25) is 5.91 Å². The third kappa shape index (κ3) is 3.53. The fourth-order valence-corrected chi connectivity index (χ4v) is 2.45. The molecule has 0 aliphatic carbocycles. The largest absolute Gasteiger partial charge is 0.345 e. The van der Waals surface area contributed by atoms with E-state index in [0.29, 0.717) is 12.1 Å². The standard InChI is InChI=1S/C15H21FN2O/c1-11-9-12(3-4-14(11)16)6-8-18(2)15(19)13-5-7-17-10-13/h3-4,9,13,17H,5-8,10H2,1-2H3. The lowest BCUT2D eigenvalue weighted by molar-refractivity contribution is -0.133. The van der Waals surface area contributed by atoms with Crippen molar-refractivity contribution in [1.82, 2.24) is 10.2 Å². The van der Waals surface area contributed by atoms with E-state index in [0.717, 1.165) is 31.5 Å². The van der Waals surface area contributed by atoms with Gasteiger partial charge in [-0.15, -0.1) is 0 Å². The van der Waals surface area contributed by atoms with Gasteiger partial charge in [-0.1, -0.05) is 12.1 Å². The minimum atomic E-state index is -0.176. The van der Waals surface area contributed by atoms with Crippen LogP contribution in [-0.2, 0) is 11.2 Å². The maximum Gasteiger partial charge on any atom is 0.226 e. The van der Waals surface area contributed by atoms with Gasteiger partial charge in [-0.25, -0.2) is 4.39 Å². The average molecular weight is 264 g/mol. The molecule has 0 radical (unpaired) electrons. The van der Waals surface area contributed by atoms with Crippen LogP contribution in [0.3, 0.4) is 0 Å². The second-order valence-corrected chi connectivity index (χ2v) is 5.28. The van der Waals surface area contributed by atoms with Crippen LogP contribution in [0.5, 0.6) is 0 Å². The second kappa shape index (κ2) is 6.15. The highest BCUT2D eigenvalue weighted by Gasteiger charge is 2.24. The Morgan fingerprint density at radius 1 is 1.53 bits per heavy atom. The number of carbonyl (C=O) groups is 1. The van der Waals surface area contributed by atoms with E-state index in [4.69, 9.17) is 0 Å². The molecule has 1 fully saturated rings. The van der Waals surface area contributed by atoms with Crippen LogP contribution in [0.2, 0.25) is 0 Å². The third-order valence-corrected chi connectivity index (χ3v) is 3.74. The molecular weight excluding hydrogens is 243 g/mol. The summed E-state index contributed by atoms with van der Waals surface area (Å²) >= 11 is 0. The average Bonchev–Trinajstić information content (AvgIpc) is 2.93. The highest BCUT2D eigenvalue weighted by molar-refractivity contribution is 5.79. The normalized spacial score (nSPS) is 18.6. The van der Waals surface area contributed by atoms with E-state index in [1.165, 1.54) is 6.07 Å². The molecule has 104 valence electrons. The summed E-state index contributed by atoms with van der Waals surface area (Å²) in [5, 5.41) is 3.21. The van der Waals surface area contributed by atoms with Crippen molar-refractivity contribution in [2.75, 3.05) is 26.7 Å². The first-order valence-electron chi connectivity index (χ1n) is 6.78. The number of nitrogens with one attached hydrogen (secondary N) is 1. The molecule has 1 aromatic rings. The Kier molecular flexibility index (Phi) is 4.53. The van der Waals surface area contributed by atoms with E-state index >= 15 is 0 Å². The molecule has 1 aliphatic heterocycles. The van der Waals surface area contributed by atoms with Gasteiger partial charge in [0.05, 0.1) is 5.92 Å². The smallest absolute Gasteiger partial charge is 0.226 e. The fraction of sp³-hybridized carbons (Fsp3) is 0.533. The number of hydrogen-bond donors (Lipinski definition) is 1. The van der Waals surface area contributed by atoms with E-state index in [1.54, 1.807) is 17.9 Å². The molecule has 1 heterocycles. The number of rotatable bonds is 4. The fourth-order valence-electron chi connectivity index (χ4n) is 2.45. The Morgan fingerprint density at radius 2 is 2.32 bits per heavy atom. The lowest BCUT2D eigenvalue weighted by Crippen LogP contribution is -2.35. The quantitative estimate of drug-likeness (QED) is 0.898. The monoisotopic (exact) mass is 264 g/mol. The molecule has 1 aromatic carbocycles. The van der Waals surface area contributed by atoms with Gasteiger partial charge in [-0.05, 0) is 43.5 Å². The molecule has 0 aromatic heterocycles. The van der Waals surface area contributed by atoms with Gasteiger partial charge in [-0.3, -0.25) is 4.79 Å². The predicted molar refractivity (Wildman–Crippen MR) is 73.5 cm³/mol. The van der Waals surface area contributed by atoms with Crippen LogP contribution >= 0.6 is 0 Å². The zero-order valence-electron chi connectivity index (χ0n) is 11.6. The molecule has 19 heavy (non-hydrogen) atoms. The highest BCUT2D eigenvalue weighted by atomic mass is 19.1. The van der Waals surface area contributed by atoms with Crippen LogP contribution in [0.15, 0.2) is 18.2 Å². The molecule has 3 nitrogen and oxygen atoms in total. The van der Waals surface area contributed by atoms with Crippen LogP contribution in [-0.4, -0.2) is 37.5 Å². The van der Waals surface area contributed by atoms with Gasteiger partial charge in [0.15, 0.2) is 0 Å². The summed E-state index contributed by atoms with van der Waals surface area (Å²) < 4.78 is 13.2. The molecule has 0 bridgehead atoms. The Hall–Kier alpha value is -1.42. The number of amides is 1. The number of aryl methyl sites for hydroxylation is 1. The van der Waals surface area contributed by atoms with Crippen LogP contribution in [0.1, 0.15) is 17.5 Å². The Morgan fingerprint density at radius 3 is 2.95 bits per heavy atom. The summed E-state index contributed by atoms with van der Waals surface area (Å²) in [5.74, 6) is 0.161. The molecule has 1 aliphatic rings. The number of hydrogen-bond acceptors (Lipinski definition) is 2. The molecule has 1 amide bonds. The van der Waals surface area contributed by atoms with Gasteiger partial charge in [0.1, 0.15) is 5.82 Å². The Bertz CT molecular complexity index is 455. The lowest BCUT2D eigenvalue weighted by Gasteiger charge is -2.20. The van der Waals surface area contributed by atoms with Crippen molar-refractivity contribution < 1.29 is 9.18 Å². The summed E-state index contributed by atoms with van der Waals surface area (Å²) in [7, 11) is 1.84. The van der Waals surface area contributed by atoms with E-state index < -0.39 is 0 Å². The van der Waals surface area contributed by atoms with Crippen molar-refractivity contribution >= 4 is 5.91 Å². The zero-order chi connectivity index (χ0) is 13.8. The SMILES string of the molecule is Cc1cc(CCN(C)C(=O)C2CCNC2)ccc1F. The van der Waals surface area contributed by atoms with E-state index in [2.05, 4.69) is 5.32 Å². The Balaban J connectivity index is 1.87.